The van der Waals surface area contributed by atoms with Gasteiger partial charge in [0.05, 0.1) is 6.42 Å². The van der Waals surface area contributed by atoms with E-state index in [1.165, 1.54) is 6.42 Å². The van der Waals surface area contributed by atoms with E-state index < -0.39 is 8.32 Å². The summed E-state index contributed by atoms with van der Waals surface area (Å²) >= 11 is 0. The molecule has 0 aromatic heterocycles. The summed E-state index contributed by atoms with van der Waals surface area (Å²) < 4.78 is 5.03. The number of carbonyl (C=O) groups is 1. The number of hydrogen-bond donors (Lipinski definition) is 0. The highest BCUT2D eigenvalue weighted by atomic mass is 28.4. The van der Waals surface area contributed by atoms with Crippen LogP contribution < -0.4 is 0 Å². The summed E-state index contributed by atoms with van der Waals surface area (Å²) in [5.74, 6) is -0.200. The van der Waals surface area contributed by atoms with E-state index >= 15 is 0 Å². The fourth-order valence-corrected chi connectivity index (χ4v) is 1.08. The minimum absolute atomic E-state index is 0.200. The van der Waals surface area contributed by atoms with E-state index in [-0.39, 0.29) is 5.97 Å². The molecule has 0 aliphatic carbocycles. The summed E-state index contributed by atoms with van der Waals surface area (Å²) in [6.07, 6.45) is 1.44. The van der Waals surface area contributed by atoms with Crippen molar-refractivity contribution < 1.29 is 9.22 Å². The maximum atomic E-state index is 10.6. The Morgan fingerprint density at radius 2 is 1.89 bits per heavy atom. The quantitative estimate of drug-likeness (QED) is 0.551. The lowest BCUT2D eigenvalue weighted by Crippen LogP contribution is -2.28. The third-order valence-electron chi connectivity index (χ3n) is 0.642. The number of hydrogen-bond acceptors (Lipinski definition) is 2. The highest BCUT2D eigenvalue weighted by Crippen LogP contribution is 2.02. The number of carbonyl (C=O) groups excluding carboxylic acids is 1. The largest absolute Gasteiger partial charge is 0.520 e. The molecule has 0 atom stereocenters. The summed E-state index contributed by atoms with van der Waals surface area (Å²) in [7, 11) is -1.62. The molecule has 0 aliphatic rings. The van der Waals surface area contributed by atoms with E-state index in [2.05, 4.69) is 0 Å². The molecule has 0 heterocycles. The average Bonchev–Trinajstić information content (AvgIpc) is 1.62. The van der Waals surface area contributed by atoms with Gasteiger partial charge in [-0.05, 0) is 19.6 Å². The zero-order valence-corrected chi connectivity index (χ0v) is 7.39. The van der Waals surface area contributed by atoms with Crippen LogP contribution in [0.4, 0.5) is 0 Å². The van der Waals surface area contributed by atoms with Gasteiger partial charge in [0.1, 0.15) is 0 Å². The minimum Gasteiger partial charge on any atom is -0.520 e. The van der Waals surface area contributed by atoms with Crippen molar-refractivity contribution >= 4 is 14.3 Å². The molecule has 9 heavy (non-hydrogen) atoms. The zero-order chi connectivity index (χ0) is 7.49. The molecule has 0 spiro atoms. The van der Waals surface area contributed by atoms with Crippen molar-refractivity contribution in [3.63, 3.8) is 0 Å². The fourth-order valence-electron chi connectivity index (χ4n) is 0.361. The first-order chi connectivity index (χ1) is 3.95. The van der Waals surface area contributed by atoms with E-state index in [9.17, 15) is 4.79 Å². The van der Waals surface area contributed by atoms with E-state index in [0.717, 1.165) is 0 Å². The molecule has 0 rings (SSSR count). The van der Waals surface area contributed by atoms with Gasteiger partial charge in [0, 0.05) is 0 Å². The van der Waals surface area contributed by atoms with Gasteiger partial charge in [0.15, 0.2) is 0 Å². The lowest BCUT2D eigenvalue weighted by molar-refractivity contribution is -0.131. The average molecular weight is 145 g/mol. The molecule has 0 aliphatic heterocycles. The maximum absolute atomic E-state index is 10.6. The maximum Gasteiger partial charge on any atom is 0.296 e. The molecule has 0 saturated heterocycles. The molecule has 0 N–H and O–H groups in total. The molecule has 2 nitrogen and oxygen atoms in total. The van der Waals surface area contributed by atoms with Gasteiger partial charge >= 0.3 is 0 Å². The predicted molar refractivity (Wildman–Crippen MR) is 39.4 cm³/mol. The van der Waals surface area contributed by atoms with Crippen LogP contribution in [0.15, 0.2) is 0 Å². The normalized spacial score (nSPS) is 11.1. The molecule has 0 aromatic carbocycles. The van der Waals surface area contributed by atoms with Gasteiger partial charge in [-0.3, -0.25) is 4.79 Å². The Morgan fingerprint density at radius 3 is 2.00 bits per heavy atom. The van der Waals surface area contributed by atoms with Crippen LogP contribution in [0.2, 0.25) is 19.6 Å². The highest BCUT2D eigenvalue weighted by molar-refractivity contribution is 6.71. The summed E-state index contributed by atoms with van der Waals surface area (Å²) in [5.41, 5.74) is 0. The predicted octanol–water partition coefficient (Wildman–Crippen LogP) is 1.59. The van der Waals surface area contributed by atoms with Crippen molar-refractivity contribution in [2.75, 3.05) is 0 Å². The smallest absolute Gasteiger partial charge is 0.296 e. The van der Waals surface area contributed by atoms with Crippen molar-refractivity contribution in [3.05, 3.63) is 6.42 Å². The van der Waals surface area contributed by atoms with Crippen LogP contribution in [0.3, 0.4) is 0 Å². The van der Waals surface area contributed by atoms with Gasteiger partial charge in [0.25, 0.3) is 5.97 Å². The molecule has 3 heteroatoms. The first-order valence-corrected chi connectivity index (χ1v) is 6.39. The van der Waals surface area contributed by atoms with Crippen molar-refractivity contribution in [2.45, 2.75) is 26.6 Å². The third-order valence-corrected chi connectivity index (χ3v) is 1.46. The van der Waals surface area contributed by atoms with Gasteiger partial charge in [-0.1, -0.05) is 6.92 Å². The summed E-state index contributed by atoms with van der Waals surface area (Å²) in [6, 6.07) is 0. The Labute approximate surface area is 57.3 Å². The van der Waals surface area contributed by atoms with Crippen LogP contribution in [0, 0.1) is 6.42 Å². The first-order valence-electron chi connectivity index (χ1n) is 2.98. The van der Waals surface area contributed by atoms with Crippen molar-refractivity contribution in [2.24, 2.45) is 0 Å². The lowest BCUT2D eigenvalue weighted by atomic mass is 10.5. The second-order valence-corrected chi connectivity index (χ2v) is 7.25. The van der Waals surface area contributed by atoms with E-state index in [0.29, 0.717) is 0 Å². The number of rotatable bonds is 2. The lowest BCUT2D eigenvalue weighted by Gasteiger charge is -2.15. The molecule has 0 unspecified atom stereocenters. The van der Waals surface area contributed by atoms with Crippen molar-refractivity contribution in [1.82, 2.24) is 0 Å². The highest BCUT2D eigenvalue weighted by Gasteiger charge is 2.18. The van der Waals surface area contributed by atoms with Gasteiger partial charge in [-0.25, -0.2) is 0 Å². The molecule has 0 bridgehead atoms. The van der Waals surface area contributed by atoms with Crippen LogP contribution in [-0.4, -0.2) is 14.3 Å². The third kappa shape index (κ3) is 5.56. The first kappa shape index (κ1) is 8.69. The van der Waals surface area contributed by atoms with E-state index in [4.69, 9.17) is 4.43 Å². The Balaban J connectivity index is 3.60. The second kappa shape index (κ2) is 3.01. The Kier molecular flexibility index (Phi) is 2.90. The molecule has 0 amide bonds. The second-order valence-electron chi connectivity index (χ2n) is 2.82. The van der Waals surface area contributed by atoms with Gasteiger partial charge in [0.2, 0.25) is 8.32 Å². The molecule has 53 valence electrons. The molecule has 0 fully saturated rings. The Morgan fingerprint density at radius 1 is 1.44 bits per heavy atom. The fraction of sp³-hybridized carbons (Fsp3) is 0.667. The van der Waals surface area contributed by atoms with Crippen LogP contribution >= 0.6 is 0 Å². The monoisotopic (exact) mass is 145 g/mol. The topological polar surface area (TPSA) is 26.3 Å². The minimum atomic E-state index is -1.62. The standard InChI is InChI=1S/C6H13O2Si/c1-5-6(7)8-9(2,3)4/h5H,1-4H3. The van der Waals surface area contributed by atoms with Crippen LogP contribution in [-0.2, 0) is 9.22 Å². The summed E-state index contributed by atoms with van der Waals surface area (Å²) in [4.78, 5) is 10.6. The van der Waals surface area contributed by atoms with Gasteiger partial charge < -0.3 is 4.43 Å². The molecular formula is C6H13O2Si. The summed E-state index contributed by atoms with van der Waals surface area (Å²) in [6.45, 7) is 7.62. The van der Waals surface area contributed by atoms with Crippen LogP contribution in [0.25, 0.3) is 0 Å². The van der Waals surface area contributed by atoms with Crippen molar-refractivity contribution in [3.8, 4) is 0 Å². The molecule has 1 radical (unpaired) electrons. The Hall–Kier alpha value is -0.313. The molecular weight excluding hydrogens is 132 g/mol. The molecule has 0 aromatic rings. The van der Waals surface area contributed by atoms with Crippen LogP contribution in [0.5, 0.6) is 0 Å². The Bertz CT molecular complexity index is 104. The van der Waals surface area contributed by atoms with E-state index in [1.807, 2.05) is 19.6 Å². The van der Waals surface area contributed by atoms with Gasteiger partial charge in [-0.15, -0.1) is 0 Å². The van der Waals surface area contributed by atoms with Crippen LogP contribution in [0.1, 0.15) is 6.92 Å². The van der Waals surface area contributed by atoms with Crippen molar-refractivity contribution in [1.29, 1.82) is 0 Å². The van der Waals surface area contributed by atoms with E-state index in [1.54, 1.807) is 6.92 Å². The zero-order valence-electron chi connectivity index (χ0n) is 6.39. The van der Waals surface area contributed by atoms with Gasteiger partial charge in [-0.2, -0.15) is 0 Å². The SMILES string of the molecule is C[CH]C(=O)O[Si](C)(C)C. The molecule has 0 saturated carbocycles. The summed E-state index contributed by atoms with van der Waals surface area (Å²) in [5, 5.41) is 0.